The molecule has 28 heavy (non-hydrogen) atoms. The van der Waals surface area contributed by atoms with Gasteiger partial charge in [0.05, 0.1) is 7.11 Å². The van der Waals surface area contributed by atoms with E-state index in [1.807, 2.05) is 12.1 Å². The van der Waals surface area contributed by atoms with Crippen LogP contribution in [0.5, 0.6) is 5.75 Å². The molecular formula is C27H38O. The van der Waals surface area contributed by atoms with Gasteiger partial charge < -0.3 is 4.74 Å². The van der Waals surface area contributed by atoms with Crippen molar-refractivity contribution in [1.29, 1.82) is 0 Å². The molecule has 2 aromatic rings. The Labute approximate surface area is 172 Å². The van der Waals surface area contributed by atoms with Gasteiger partial charge in [-0.2, -0.15) is 0 Å². The maximum Gasteiger partial charge on any atom is 0.118 e. The van der Waals surface area contributed by atoms with E-state index in [1.54, 1.807) is 7.11 Å². The van der Waals surface area contributed by atoms with Gasteiger partial charge in [-0.25, -0.2) is 0 Å². The normalized spacial score (nSPS) is 20.7. The average Bonchev–Trinajstić information content (AvgIpc) is 2.75. The maximum atomic E-state index is 5.26. The van der Waals surface area contributed by atoms with Gasteiger partial charge in [0.2, 0.25) is 0 Å². The van der Waals surface area contributed by atoms with Crippen molar-refractivity contribution in [2.24, 2.45) is 17.8 Å². The molecular weight excluding hydrogens is 340 g/mol. The number of hydrogen-bond acceptors (Lipinski definition) is 1. The van der Waals surface area contributed by atoms with Crippen LogP contribution in [0.3, 0.4) is 0 Å². The first kappa shape index (κ1) is 21.0. The van der Waals surface area contributed by atoms with Crippen molar-refractivity contribution in [3.63, 3.8) is 0 Å². The second kappa shape index (κ2) is 10.7. The Bertz CT molecular complexity index is 677. The highest BCUT2D eigenvalue weighted by Gasteiger charge is 2.25. The van der Waals surface area contributed by atoms with Gasteiger partial charge in [0, 0.05) is 0 Å². The molecule has 0 aliphatic heterocycles. The molecule has 0 heterocycles. The monoisotopic (exact) mass is 378 g/mol. The van der Waals surface area contributed by atoms with E-state index >= 15 is 0 Å². The molecule has 152 valence electrons. The fraction of sp³-hybridized carbons (Fsp3) is 0.556. The first-order chi connectivity index (χ1) is 13.7. The van der Waals surface area contributed by atoms with Gasteiger partial charge in [-0.05, 0) is 65.8 Å². The maximum absolute atomic E-state index is 5.26. The summed E-state index contributed by atoms with van der Waals surface area (Å²) in [6, 6.07) is 17.5. The molecule has 0 N–H and O–H groups in total. The molecule has 0 aromatic heterocycles. The van der Waals surface area contributed by atoms with Gasteiger partial charge in [0.15, 0.2) is 0 Å². The van der Waals surface area contributed by atoms with Gasteiger partial charge >= 0.3 is 0 Å². The number of benzene rings is 2. The lowest BCUT2D eigenvalue weighted by Crippen LogP contribution is -2.21. The molecule has 1 aliphatic carbocycles. The predicted molar refractivity (Wildman–Crippen MR) is 121 cm³/mol. The van der Waals surface area contributed by atoms with E-state index in [-0.39, 0.29) is 0 Å². The number of rotatable bonds is 9. The van der Waals surface area contributed by atoms with Crippen LogP contribution in [0, 0.1) is 17.8 Å². The van der Waals surface area contributed by atoms with Crippen LogP contribution in [-0.2, 0) is 6.42 Å². The average molecular weight is 379 g/mol. The highest BCUT2D eigenvalue weighted by atomic mass is 16.5. The number of ether oxygens (including phenoxy) is 1. The molecule has 0 saturated heterocycles. The minimum absolute atomic E-state index is 0.795. The van der Waals surface area contributed by atoms with E-state index in [4.69, 9.17) is 4.74 Å². The zero-order chi connectivity index (χ0) is 19.8. The van der Waals surface area contributed by atoms with Crippen LogP contribution < -0.4 is 4.74 Å². The third kappa shape index (κ3) is 5.87. The van der Waals surface area contributed by atoms with Crippen LogP contribution in [0.4, 0.5) is 0 Å². The number of hydrogen-bond donors (Lipinski definition) is 0. The lowest BCUT2D eigenvalue weighted by Gasteiger charge is -2.32. The van der Waals surface area contributed by atoms with Crippen molar-refractivity contribution in [2.75, 3.05) is 7.11 Å². The van der Waals surface area contributed by atoms with Crippen molar-refractivity contribution >= 4 is 0 Å². The Kier molecular flexibility index (Phi) is 8.01. The van der Waals surface area contributed by atoms with E-state index in [2.05, 4.69) is 50.2 Å². The van der Waals surface area contributed by atoms with Gasteiger partial charge in [-0.3, -0.25) is 0 Å². The molecule has 1 atom stereocenters. The minimum atomic E-state index is 0.795. The first-order valence-electron chi connectivity index (χ1n) is 11.4. The topological polar surface area (TPSA) is 9.23 Å². The molecule has 0 bridgehead atoms. The van der Waals surface area contributed by atoms with E-state index in [1.165, 1.54) is 74.5 Å². The highest BCUT2D eigenvalue weighted by molar-refractivity contribution is 5.64. The molecule has 1 saturated carbocycles. The molecule has 1 fully saturated rings. The molecule has 1 aliphatic rings. The summed E-state index contributed by atoms with van der Waals surface area (Å²) in [5, 5.41) is 0. The largest absolute Gasteiger partial charge is 0.497 e. The molecule has 0 radical (unpaired) electrons. The van der Waals surface area contributed by atoms with E-state index in [0.29, 0.717) is 0 Å². The van der Waals surface area contributed by atoms with Crippen LogP contribution in [-0.4, -0.2) is 7.11 Å². The van der Waals surface area contributed by atoms with Crippen LogP contribution in [0.1, 0.15) is 70.8 Å². The Morgan fingerprint density at radius 3 is 2.04 bits per heavy atom. The second-order valence-corrected chi connectivity index (χ2v) is 8.88. The van der Waals surface area contributed by atoms with E-state index in [9.17, 15) is 0 Å². The third-order valence-electron chi connectivity index (χ3n) is 6.85. The summed E-state index contributed by atoms with van der Waals surface area (Å²) < 4.78 is 5.26. The Morgan fingerprint density at radius 2 is 1.46 bits per heavy atom. The predicted octanol–water partition coefficient (Wildman–Crippen LogP) is 7.93. The summed E-state index contributed by atoms with van der Waals surface area (Å²) in [5.74, 6) is 3.64. The molecule has 0 amide bonds. The molecule has 2 aromatic carbocycles. The zero-order valence-electron chi connectivity index (χ0n) is 18.1. The molecule has 1 heteroatoms. The molecule has 3 rings (SSSR count). The van der Waals surface area contributed by atoms with Crippen molar-refractivity contribution in [3.05, 3.63) is 54.1 Å². The Balaban J connectivity index is 1.48. The van der Waals surface area contributed by atoms with Gasteiger partial charge in [-0.1, -0.05) is 88.8 Å². The Morgan fingerprint density at radius 1 is 0.857 bits per heavy atom. The summed E-state index contributed by atoms with van der Waals surface area (Å²) in [5.41, 5.74) is 4.02. The summed E-state index contributed by atoms with van der Waals surface area (Å²) in [6.45, 7) is 4.78. The molecule has 1 unspecified atom stereocenters. The van der Waals surface area contributed by atoms with E-state index < -0.39 is 0 Å². The second-order valence-electron chi connectivity index (χ2n) is 8.88. The van der Waals surface area contributed by atoms with Crippen LogP contribution in [0.15, 0.2) is 48.5 Å². The third-order valence-corrected chi connectivity index (χ3v) is 6.85. The van der Waals surface area contributed by atoms with Crippen molar-refractivity contribution in [3.8, 4) is 16.9 Å². The van der Waals surface area contributed by atoms with Crippen molar-refractivity contribution in [2.45, 2.75) is 71.6 Å². The first-order valence-corrected chi connectivity index (χ1v) is 11.4. The van der Waals surface area contributed by atoms with Crippen molar-refractivity contribution in [1.82, 2.24) is 0 Å². The molecule has 1 nitrogen and oxygen atoms in total. The summed E-state index contributed by atoms with van der Waals surface area (Å²) in [6.07, 6.45) is 12.7. The fourth-order valence-corrected chi connectivity index (χ4v) is 4.88. The quantitative estimate of drug-likeness (QED) is 0.402. The van der Waals surface area contributed by atoms with Gasteiger partial charge in [0.25, 0.3) is 0 Å². The fourth-order valence-electron chi connectivity index (χ4n) is 4.88. The number of methoxy groups -OCH3 is 1. The zero-order valence-corrected chi connectivity index (χ0v) is 18.1. The Hall–Kier alpha value is -1.76. The smallest absolute Gasteiger partial charge is 0.118 e. The SMILES string of the molecule is CCCCCC1CCC(C(C)Cc2ccc(-c3ccc(OC)cc3)cc2)CC1. The minimum Gasteiger partial charge on any atom is -0.497 e. The van der Waals surface area contributed by atoms with Crippen LogP contribution in [0.2, 0.25) is 0 Å². The lowest BCUT2D eigenvalue weighted by molar-refractivity contribution is 0.204. The van der Waals surface area contributed by atoms with Gasteiger partial charge in [-0.15, -0.1) is 0 Å². The standard InChI is InChI=1S/C27H38O/c1-4-5-6-7-22-8-12-24(13-9-22)21(2)20-23-10-14-25(15-11-23)26-16-18-27(28-3)19-17-26/h10-11,14-19,21-22,24H,4-9,12-13,20H2,1-3H3. The number of unbranched alkanes of at least 4 members (excludes halogenated alkanes) is 2. The van der Waals surface area contributed by atoms with Crippen LogP contribution in [0.25, 0.3) is 11.1 Å². The summed E-state index contributed by atoms with van der Waals surface area (Å²) in [4.78, 5) is 0. The summed E-state index contributed by atoms with van der Waals surface area (Å²) >= 11 is 0. The lowest BCUT2D eigenvalue weighted by atomic mass is 9.73. The molecule has 0 spiro atoms. The van der Waals surface area contributed by atoms with Crippen molar-refractivity contribution < 1.29 is 4.74 Å². The van der Waals surface area contributed by atoms with Crippen LogP contribution >= 0.6 is 0 Å². The highest BCUT2D eigenvalue weighted by Crippen LogP contribution is 2.37. The summed E-state index contributed by atoms with van der Waals surface area (Å²) in [7, 11) is 1.71. The van der Waals surface area contributed by atoms with E-state index in [0.717, 1.165) is 23.5 Å². The van der Waals surface area contributed by atoms with Gasteiger partial charge in [0.1, 0.15) is 5.75 Å².